The third-order valence-corrected chi connectivity index (χ3v) is 4.62. The van der Waals surface area contributed by atoms with Crippen LogP contribution in [0.3, 0.4) is 0 Å². The Morgan fingerprint density at radius 3 is 2.93 bits per heavy atom. The number of carbonyl (C=O) groups excluding carboxylic acids is 1. The lowest BCUT2D eigenvalue weighted by molar-refractivity contribution is -0.0123. The van der Waals surface area contributed by atoms with Gasteiger partial charge in [0, 0.05) is 11.6 Å². The second kappa shape index (κ2) is 11.9. The summed E-state index contributed by atoms with van der Waals surface area (Å²) in [6.45, 7) is 4.81. The van der Waals surface area contributed by atoms with Crippen molar-refractivity contribution in [3.8, 4) is 11.8 Å². The summed E-state index contributed by atoms with van der Waals surface area (Å²) in [7, 11) is 0. The van der Waals surface area contributed by atoms with Crippen LogP contribution < -0.4 is 10.1 Å². The maximum absolute atomic E-state index is 10.9. The van der Waals surface area contributed by atoms with Gasteiger partial charge in [0.15, 0.2) is 0 Å². The SMILES string of the molecule is CCCC[C@@H]1Oc2ccc(C#N)cc2C(NCC(=COCC=C=O)OCC)[C@H]1O. The molecule has 1 aliphatic heterocycles. The van der Waals surface area contributed by atoms with E-state index < -0.39 is 12.1 Å². The largest absolute Gasteiger partial charge is 0.494 e. The number of nitrogens with zero attached hydrogens (tertiary/aromatic N) is 1. The number of hydrogen-bond donors (Lipinski definition) is 2. The van der Waals surface area contributed by atoms with E-state index >= 15 is 0 Å². The first-order valence-corrected chi connectivity index (χ1v) is 9.89. The molecule has 0 aliphatic carbocycles. The number of fused-ring (bicyclic) bond motifs is 1. The quantitative estimate of drug-likeness (QED) is 0.335. The van der Waals surface area contributed by atoms with Crippen molar-refractivity contribution in [2.45, 2.75) is 51.4 Å². The average molecular weight is 400 g/mol. The van der Waals surface area contributed by atoms with Crippen LogP contribution in [0.15, 0.2) is 36.3 Å². The molecule has 0 spiro atoms. The zero-order valence-corrected chi connectivity index (χ0v) is 16.9. The van der Waals surface area contributed by atoms with Gasteiger partial charge in [-0.3, -0.25) is 0 Å². The summed E-state index contributed by atoms with van der Waals surface area (Å²) in [6.07, 6.45) is 4.26. The molecule has 2 N–H and O–H groups in total. The molecule has 29 heavy (non-hydrogen) atoms. The number of ether oxygens (including phenoxy) is 3. The van der Waals surface area contributed by atoms with E-state index in [1.165, 1.54) is 12.3 Å². The Balaban J connectivity index is 2.20. The van der Waals surface area contributed by atoms with Crippen molar-refractivity contribution in [2.75, 3.05) is 19.8 Å². The van der Waals surface area contributed by atoms with Crippen LogP contribution in [-0.2, 0) is 14.3 Å². The number of aliphatic hydroxyl groups is 1. The van der Waals surface area contributed by atoms with Gasteiger partial charge in [0.2, 0.25) is 0 Å². The van der Waals surface area contributed by atoms with Gasteiger partial charge in [0.25, 0.3) is 0 Å². The van der Waals surface area contributed by atoms with E-state index in [0.717, 1.165) is 24.8 Å². The Morgan fingerprint density at radius 1 is 1.41 bits per heavy atom. The van der Waals surface area contributed by atoms with Crippen LogP contribution in [0, 0.1) is 11.3 Å². The Morgan fingerprint density at radius 2 is 2.24 bits per heavy atom. The van der Waals surface area contributed by atoms with Crippen LogP contribution in [0.2, 0.25) is 0 Å². The highest BCUT2D eigenvalue weighted by atomic mass is 16.5. The van der Waals surface area contributed by atoms with Crippen LogP contribution in [0.4, 0.5) is 0 Å². The minimum absolute atomic E-state index is 0.105. The third-order valence-electron chi connectivity index (χ3n) is 4.62. The molecule has 1 aromatic carbocycles. The molecule has 0 bridgehead atoms. The lowest BCUT2D eigenvalue weighted by Gasteiger charge is -2.37. The molecule has 1 aliphatic rings. The highest BCUT2D eigenvalue weighted by Gasteiger charge is 2.37. The molecule has 0 saturated carbocycles. The summed E-state index contributed by atoms with van der Waals surface area (Å²) in [5.74, 6) is 2.85. The molecule has 0 fully saturated rings. The van der Waals surface area contributed by atoms with Gasteiger partial charge in [0.1, 0.15) is 42.5 Å². The minimum atomic E-state index is -0.773. The number of hydrogen-bond acceptors (Lipinski definition) is 7. The predicted octanol–water partition coefficient (Wildman–Crippen LogP) is 2.78. The lowest BCUT2D eigenvalue weighted by atomic mass is 9.90. The van der Waals surface area contributed by atoms with Crippen LogP contribution >= 0.6 is 0 Å². The fraction of sp³-hybridized carbons (Fsp3) is 0.500. The predicted molar refractivity (Wildman–Crippen MR) is 108 cm³/mol. The van der Waals surface area contributed by atoms with Crippen LogP contribution in [0.25, 0.3) is 0 Å². The van der Waals surface area contributed by atoms with Gasteiger partial charge in [-0.25, -0.2) is 4.79 Å². The molecule has 156 valence electrons. The maximum atomic E-state index is 10.9. The first-order chi connectivity index (χ1) is 14.1. The van der Waals surface area contributed by atoms with Crippen LogP contribution in [0.1, 0.15) is 50.3 Å². The highest BCUT2D eigenvalue weighted by Crippen LogP contribution is 2.37. The smallest absolute Gasteiger partial charge is 0.144 e. The van der Waals surface area contributed by atoms with Gasteiger partial charge < -0.3 is 24.6 Å². The second-order valence-electron chi connectivity index (χ2n) is 6.68. The second-order valence-corrected chi connectivity index (χ2v) is 6.68. The molecule has 2 rings (SSSR count). The summed E-state index contributed by atoms with van der Waals surface area (Å²) >= 11 is 0. The summed E-state index contributed by atoms with van der Waals surface area (Å²) in [5.41, 5.74) is 1.24. The van der Waals surface area contributed by atoms with Crippen molar-refractivity contribution >= 4 is 5.94 Å². The number of aliphatic hydroxyl groups excluding tert-OH is 1. The molecular formula is C22H28N2O5. The third kappa shape index (κ3) is 6.37. The van der Waals surface area contributed by atoms with Gasteiger partial charge in [0.05, 0.1) is 30.8 Å². The van der Waals surface area contributed by atoms with Gasteiger partial charge in [-0.2, -0.15) is 5.26 Å². The van der Waals surface area contributed by atoms with E-state index in [9.17, 15) is 15.2 Å². The molecular weight excluding hydrogens is 372 g/mol. The average Bonchev–Trinajstić information content (AvgIpc) is 2.74. The van der Waals surface area contributed by atoms with Gasteiger partial charge in [-0.05, 0) is 38.0 Å². The lowest BCUT2D eigenvalue weighted by Crippen LogP contribution is -2.46. The number of nitrogens with one attached hydrogen (secondary N) is 1. The first-order valence-electron chi connectivity index (χ1n) is 9.89. The van der Waals surface area contributed by atoms with E-state index in [1.807, 2.05) is 6.92 Å². The Bertz CT molecular complexity index is 780. The van der Waals surface area contributed by atoms with Crippen molar-refractivity contribution in [3.05, 3.63) is 47.4 Å². The van der Waals surface area contributed by atoms with Crippen molar-refractivity contribution in [2.24, 2.45) is 0 Å². The fourth-order valence-electron chi connectivity index (χ4n) is 3.21. The van der Waals surface area contributed by atoms with E-state index in [0.29, 0.717) is 30.2 Å². The van der Waals surface area contributed by atoms with Gasteiger partial charge in [-0.1, -0.05) is 13.3 Å². The molecule has 7 heteroatoms. The van der Waals surface area contributed by atoms with Crippen LogP contribution in [-0.4, -0.2) is 43.0 Å². The highest BCUT2D eigenvalue weighted by molar-refractivity contribution is 5.46. The number of nitriles is 1. The summed E-state index contributed by atoms with van der Waals surface area (Å²) < 4.78 is 16.8. The normalized spacial score (nSPS) is 20.6. The number of benzene rings is 1. The van der Waals surface area contributed by atoms with E-state index in [4.69, 9.17) is 14.2 Å². The summed E-state index contributed by atoms with van der Waals surface area (Å²) in [6, 6.07) is 6.93. The zero-order valence-electron chi connectivity index (χ0n) is 16.9. The molecule has 1 unspecified atom stereocenters. The summed E-state index contributed by atoms with van der Waals surface area (Å²) in [4.78, 5) is 10.2. The Hall–Kier alpha value is -2.78. The van der Waals surface area contributed by atoms with Crippen LogP contribution in [0.5, 0.6) is 5.75 Å². The maximum Gasteiger partial charge on any atom is 0.144 e. The standard InChI is InChI=1S/C22H28N2O5/c1-3-5-7-20-22(26)21(18-12-16(13-23)8-9-19(18)29-20)24-14-17(28-4-2)15-27-11-6-10-25/h6,8-9,12,15,20-22,24,26H,3-5,7,11,14H2,1-2H3/t20-,21?,22-/m0/s1. The molecule has 1 heterocycles. The minimum Gasteiger partial charge on any atom is -0.494 e. The van der Waals surface area contributed by atoms with E-state index in [-0.39, 0.29) is 12.7 Å². The topological polar surface area (TPSA) is 101 Å². The molecule has 7 nitrogen and oxygen atoms in total. The van der Waals surface area contributed by atoms with Crippen molar-refractivity contribution < 1.29 is 24.1 Å². The summed E-state index contributed by atoms with van der Waals surface area (Å²) in [5, 5.41) is 23.5. The Kier molecular flexibility index (Phi) is 9.26. The Labute approximate surface area is 171 Å². The molecule has 3 atom stereocenters. The fourth-order valence-corrected chi connectivity index (χ4v) is 3.21. The molecule has 1 aromatic rings. The molecule has 0 radical (unpaired) electrons. The monoisotopic (exact) mass is 400 g/mol. The van der Waals surface area contributed by atoms with E-state index in [1.54, 1.807) is 24.1 Å². The zero-order chi connectivity index (χ0) is 21.1. The van der Waals surface area contributed by atoms with Crippen molar-refractivity contribution in [3.63, 3.8) is 0 Å². The van der Waals surface area contributed by atoms with E-state index in [2.05, 4.69) is 18.3 Å². The van der Waals surface area contributed by atoms with Crippen molar-refractivity contribution in [1.82, 2.24) is 5.32 Å². The van der Waals surface area contributed by atoms with Crippen molar-refractivity contribution in [1.29, 1.82) is 5.26 Å². The van der Waals surface area contributed by atoms with Gasteiger partial charge in [-0.15, -0.1) is 0 Å². The molecule has 0 saturated heterocycles. The number of rotatable bonds is 11. The molecule has 0 amide bonds. The van der Waals surface area contributed by atoms with Gasteiger partial charge >= 0.3 is 0 Å². The number of unbranched alkanes of at least 4 members (excludes halogenated alkanes) is 1. The molecule has 0 aromatic heterocycles. The first kappa shape index (κ1) is 22.5.